The molecule has 0 aliphatic rings. The predicted molar refractivity (Wildman–Crippen MR) is 87.8 cm³/mol. The van der Waals surface area contributed by atoms with Crippen molar-refractivity contribution in [1.82, 2.24) is 0 Å². The highest BCUT2D eigenvalue weighted by molar-refractivity contribution is 5.64. The van der Waals surface area contributed by atoms with E-state index in [0.29, 0.717) is 33.0 Å². The van der Waals surface area contributed by atoms with Crippen molar-refractivity contribution in [2.24, 2.45) is 0 Å². The van der Waals surface area contributed by atoms with Crippen LogP contribution in [0.3, 0.4) is 0 Å². The fraction of sp³-hybridized carbons (Fsp3) is 0.333. The Labute approximate surface area is 136 Å². The van der Waals surface area contributed by atoms with Gasteiger partial charge in [0.15, 0.2) is 0 Å². The Morgan fingerprint density at radius 1 is 0.652 bits per heavy atom. The molecule has 0 spiro atoms. The van der Waals surface area contributed by atoms with E-state index in [4.69, 9.17) is 19.3 Å². The minimum atomic E-state index is 0.0310. The molecule has 0 aromatic heterocycles. The lowest BCUT2D eigenvalue weighted by molar-refractivity contribution is 0.0247. The third kappa shape index (κ3) is 6.28. The average Bonchev–Trinajstić information content (AvgIpc) is 2.59. The van der Waals surface area contributed by atoms with E-state index in [2.05, 4.69) is 0 Å². The summed E-state index contributed by atoms with van der Waals surface area (Å²) < 4.78 is 16.0. The van der Waals surface area contributed by atoms with Crippen molar-refractivity contribution >= 4 is 0 Å². The van der Waals surface area contributed by atoms with Gasteiger partial charge in [-0.2, -0.15) is 0 Å². The molecule has 0 saturated carbocycles. The fourth-order valence-corrected chi connectivity index (χ4v) is 2.00. The smallest absolute Gasteiger partial charge is 0.119 e. The number of benzene rings is 2. The lowest BCUT2D eigenvalue weighted by Gasteiger charge is -2.08. The number of aromatic hydroxyl groups is 1. The van der Waals surface area contributed by atoms with Crippen molar-refractivity contribution in [3.8, 4) is 22.6 Å². The Morgan fingerprint density at radius 2 is 1.17 bits per heavy atom. The van der Waals surface area contributed by atoms with Gasteiger partial charge in [-0.3, -0.25) is 0 Å². The van der Waals surface area contributed by atoms with Crippen molar-refractivity contribution in [2.45, 2.75) is 0 Å². The summed E-state index contributed by atoms with van der Waals surface area (Å²) in [7, 11) is 0. The number of aliphatic hydroxyl groups excluding tert-OH is 1. The quantitative estimate of drug-likeness (QED) is 0.659. The van der Waals surface area contributed by atoms with Crippen LogP contribution in [-0.2, 0) is 9.47 Å². The molecular formula is C18H22O5. The van der Waals surface area contributed by atoms with E-state index in [0.717, 1.165) is 16.9 Å². The van der Waals surface area contributed by atoms with Gasteiger partial charge in [-0.05, 0) is 35.4 Å². The summed E-state index contributed by atoms with van der Waals surface area (Å²) in [5, 5.41) is 17.8. The number of ether oxygens (including phenoxy) is 3. The zero-order valence-corrected chi connectivity index (χ0v) is 13.0. The first-order chi connectivity index (χ1) is 11.3. The topological polar surface area (TPSA) is 68.2 Å². The molecule has 0 fully saturated rings. The van der Waals surface area contributed by atoms with E-state index in [1.165, 1.54) is 0 Å². The SMILES string of the molecule is OCCOCCOCCOc1ccc(-c2ccc(O)cc2)cc1. The van der Waals surface area contributed by atoms with Crippen molar-refractivity contribution in [3.63, 3.8) is 0 Å². The molecule has 5 heteroatoms. The van der Waals surface area contributed by atoms with E-state index in [1.807, 2.05) is 36.4 Å². The Morgan fingerprint density at radius 3 is 1.78 bits per heavy atom. The molecule has 0 atom stereocenters. The molecule has 2 aromatic rings. The lowest BCUT2D eigenvalue weighted by atomic mass is 10.1. The van der Waals surface area contributed by atoms with Crippen LogP contribution in [0.2, 0.25) is 0 Å². The molecule has 0 aliphatic carbocycles. The van der Waals surface area contributed by atoms with Crippen LogP contribution in [-0.4, -0.2) is 49.9 Å². The number of hydrogen-bond donors (Lipinski definition) is 2. The summed E-state index contributed by atoms with van der Waals surface area (Å²) in [6.07, 6.45) is 0. The van der Waals surface area contributed by atoms with Crippen LogP contribution in [0.15, 0.2) is 48.5 Å². The van der Waals surface area contributed by atoms with Gasteiger partial charge in [0.1, 0.15) is 18.1 Å². The van der Waals surface area contributed by atoms with Gasteiger partial charge in [0.25, 0.3) is 0 Å². The summed E-state index contributed by atoms with van der Waals surface area (Å²) in [6, 6.07) is 14.9. The third-order valence-corrected chi connectivity index (χ3v) is 3.16. The zero-order valence-electron chi connectivity index (χ0n) is 13.0. The molecule has 124 valence electrons. The minimum absolute atomic E-state index is 0.0310. The molecule has 0 bridgehead atoms. The number of phenolic OH excluding ortho intramolecular Hbond substituents is 1. The summed E-state index contributed by atoms with van der Waals surface area (Å²) in [5.74, 6) is 1.04. The molecule has 0 heterocycles. The van der Waals surface area contributed by atoms with Crippen LogP contribution in [0.5, 0.6) is 11.5 Å². The van der Waals surface area contributed by atoms with Crippen molar-refractivity contribution < 1.29 is 24.4 Å². The van der Waals surface area contributed by atoms with E-state index >= 15 is 0 Å². The summed E-state index contributed by atoms with van der Waals surface area (Å²) >= 11 is 0. The lowest BCUT2D eigenvalue weighted by Crippen LogP contribution is -2.11. The van der Waals surface area contributed by atoms with Crippen LogP contribution < -0.4 is 4.74 Å². The summed E-state index contributed by atoms with van der Waals surface area (Å²) in [6.45, 7) is 2.29. The molecule has 23 heavy (non-hydrogen) atoms. The third-order valence-electron chi connectivity index (χ3n) is 3.16. The maximum absolute atomic E-state index is 9.30. The van der Waals surface area contributed by atoms with E-state index in [1.54, 1.807) is 12.1 Å². The largest absolute Gasteiger partial charge is 0.508 e. The highest BCUT2D eigenvalue weighted by Gasteiger charge is 1.99. The van der Waals surface area contributed by atoms with Gasteiger partial charge in [-0.1, -0.05) is 24.3 Å². The first kappa shape index (κ1) is 17.3. The molecule has 2 aromatic carbocycles. The molecule has 0 unspecified atom stereocenters. The van der Waals surface area contributed by atoms with Crippen molar-refractivity contribution in [2.75, 3.05) is 39.6 Å². The monoisotopic (exact) mass is 318 g/mol. The normalized spacial score (nSPS) is 10.7. The van der Waals surface area contributed by atoms with Crippen LogP contribution in [0.1, 0.15) is 0 Å². The highest BCUT2D eigenvalue weighted by atomic mass is 16.5. The summed E-state index contributed by atoms with van der Waals surface area (Å²) in [4.78, 5) is 0. The van der Waals surface area contributed by atoms with Gasteiger partial charge in [0.2, 0.25) is 0 Å². The van der Waals surface area contributed by atoms with Crippen LogP contribution in [0.25, 0.3) is 11.1 Å². The molecule has 0 aliphatic heterocycles. The fourth-order valence-electron chi connectivity index (χ4n) is 2.00. The Kier molecular flexibility index (Phi) is 7.39. The zero-order chi connectivity index (χ0) is 16.3. The Bertz CT molecular complexity index is 551. The predicted octanol–water partition coefficient (Wildman–Crippen LogP) is 2.46. The van der Waals surface area contributed by atoms with Gasteiger partial charge >= 0.3 is 0 Å². The number of rotatable bonds is 10. The van der Waals surface area contributed by atoms with Crippen molar-refractivity contribution in [3.05, 3.63) is 48.5 Å². The van der Waals surface area contributed by atoms with E-state index in [9.17, 15) is 5.11 Å². The van der Waals surface area contributed by atoms with E-state index in [-0.39, 0.29) is 12.4 Å². The number of aliphatic hydroxyl groups is 1. The molecular weight excluding hydrogens is 296 g/mol. The van der Waals surface area contributed by atoms with E-state index < -0.39 is 0 Å². The molecule has 0 amide bonds. The second-order valence-corrected chi connectivity index (χ2v) is 4.87. The highest BCUT2D eigenvalue weighted by Crippen LogP contribution is 2.24. The second-order valence-electron chi connectivity index (χ2n) is 4.87. The van der Waals surface area contributed by atoms with Gasteiger partial charge in [0, 0.05) is 0 Å². The van der Waals surface area contributed by atoms with Crippen LogP contribution in [0.4, 0.5) is 0 Å². The van der Waals surface area contributed by atoms with Gasteiger partial charge < -0.3 is 24.4 Å². The standard InChI is InChI=1S/C18H22O5/c19-9-10-21-11-12-22-13-14-23-18-7-3-16(4-8-18)15-1-5-17(20)6-2-15/h1-8,19-20H,9-14H2. The van der Waals surface area contributed by atoms with Gasteiger partial charge in [-0.25, -0.2) is 0 Å². The summed E-state index contributed by atoms with van der Waals surface area (Å²) in [5.41, 5.74) is 2.11. The molecule has 2 rings (SSSR count). The molecule has 0 radical (unpaired) electrons. The van der Waals surface area contributed by atoms with Gasteiger partial charge in [0.05, 0.1) is 33.0 Å². The number of phenols is 1. The first-order valence-electron chi connectivity index (χ1n) is 7.58. The Balaban J connectivity index is 1.68. The Hall–Kier alpha value is -2.08. The van der Waals surface area contributed by atoms with Crippen molar-refractivity contribution in [1.29, 1.82) is 0 Å². The van der Waals surface area contributed by atoms with Crippen LogP contribution in [0, 0.1) is 0 Å². The average molecular weight is 318 g/mol. The van der Waals surface area contributed by atoms with Crippen LogP contribution >= 0.6 is 0 Å². The maximum atomic E-state index is 9.30. The molecule has 0 saturated heterocycles. The second kappa shape index (κ2) is 9.84. The number of hydrogen-bond acceptors (Lipinski definition) is 5. The molecule has 5 nitrogen and oxygen atoms in total. The van der Waals surface area contributed by atoms with Gasteiger partial charge in [-0.15, -0.1) is 0 Å². The molecule has 2 N–H and O–H groups in total. The first-order valence-corrected chi connectivity index (χ1v) is 7.58. The maximum Gasteiger partial charge on any atom is 0.119 e. The minimum Gasteiger partial charge on any atom is -0.508 e.